The summed E-state index contributed by atoms with van der Waals surface area (Å²) < 4.78 is 0. The Hall–Kier alpha value is -1.88. The summed E-state index contributed by atoms with van der Waals surface area (Å²) >= 11 is 1.25. The van der Waals surface area contributed by atoms with Gasteiger partial charge in [-0.15, -0.1) is 11.3 Å². The maximum atomic E-state index is 11.0. The smallest absolute Gasteiger partial charge is 0.347 e. The van der Waals surface area contributed by atoms with E-state index in [0.29, 0.717) is 17.0 Å². The van der Waals surface area contributed by atoms with Crippen molar-refractivity contribution in [3.63, 3.8) is 0 Å². The molecule has 0 aliphatic rings. The van der Waals surface area contributed by atoms with Gasteiger partial charge >= 0.3 is 5.97 Å². The van der Waals surface area contributed by atoms with Gasteiger partial charge in [0.1, 0.15) is 4.88 Å². The fourth-order valence-corrected chi connectivity index (χ4v) is 2.75. The van der Waals surface area contributed by atoms with E-state index in [4.69, 9.17) is 5.11 Å². The van der Waals surface area contributed by atoms with E-state index in [0.717, 1.165) is 16.3 Å². The van der Waals surface area contributed by atoms with E-state index < -0.39 is 5.97 Å². The number of rotatable bonds is 4. The Morgan fingerprint density at radius 1 is 1.32 bits per heavy atom. The monoisotopic (exact) mass is 276 g/mol. The average molecular weight is 276 g/mol. The van der Waals surface area contributed by atoms with Crippen molar-refractivity contribution in [3.8, 4) is 0 Å². The number of carbonyl (C=O) groups is 1. The van der Waals surface area contributed by atoms with E-state index >= 15 is 0 Å². The third-order valence-corrected chi connectivity index (χ3v) is 3.99. The molecule has 0 aliphatic carbocycles. The van der Waals surface area contributed by atoms with Gasteiger partial charge in [0, 0.05) is 26.2 Å². The Bertz CT molecular complexity index is 588. The summed E-state index contributed by atoms with van der Waals surface area (Å²) in [7, 11) is 4.00. The maximum absolute atomic E-state index is 11.0. The van der Waals surface area contributed by atoms with Gasteiger partial charge in [-0.2, -0.15) is 0 Å². The van der Waals surface area contributed by atoms with Gasteiger partial charge in [-0.25, -0.2) is 9.78 Å². The molecule has 0 saturated carbocycles. The highest BCUT2D eigenvalue weighted by atomic mass is 32.1. The van der Waals surface area contributed by atoms with Crippen LogP contribution in [0, 0.1) is 6.92 Å². The van der Waals surface area contributed by atoms with Gasteiger partial charge in [-0.3, -0.25) is 0 Å². The first-order valence-corrected chi connectivity index (χ1v) is 6.75. The Kier molecular flexibility index (Phi) is 3.85. The van der Waals surface area contributed by atoms with Crippen molar-refractivity contribution in [1.82, 2.24) is 4.98 Å². The van der Waals surface area contributed by atoms with Crippen molar-refractivity contribution in [3.05, 3.63) is 45.4 Å². The summed E-state index contributed by atoms with van der Waals surface area (Å²) in [5.41, 5.74) is 2.87. The molecule has 1 aromatic carbocycles. The predicted molar refractivity (Wildman–Crippen MR) is 77.4 cm³/mol. The van der Waals surface area contributed by atoms with Crippen molar-refractivity contribution >= 4 is 23.0 Å². The van der Waals surface area contributed by atoms with Crippen LogP contribution in [0.1, 0.15) is 25.9 Å². The molecule has 0 atom stereocenters. The lowest BCUT2D eigenvalue weighted by Gasteiger charge is -2.12. The highest BCUT2D eigenvalue weighted by Crippen LogP contribution is 2.21. The summed E-state index contributed by atoms with van der Waals surface area (Å²) in [4.78, 5) is 17.7. The third kappa shape index (κ3) is 3.12. The molecule has 2 aromatic rings. The van der Waals surface area contributed by atoms with Crippen LogP contribution in [0.2, 0.25) is 0 Å². The molecule has 0 amide bonds. The van der Waals surface area contributed by atoms with Crippen LogP contribution in [-0.4, -0.2) is 30.2 Å². The number of aromatic carboxylic acids is 1. The topological polar surface area (TPSA) is 53.4 Å². The van der Waals surface area contributed by atoms with Crippen molar-refractivity contribution in [1.29, 1.82) is 0 Å². The van der Waals surface area contributed by atoms with Gasteiger partial charge in [0.15, 0.2) is 0 Å². The molecule has 1 heterocycles. The quantitative estimate of drug-likeness (QED) is 0.933. The number of nitrogens with zero attached hydrogens (tertiary/aromatic N) is 2. The normalized spacial score (nSPS) is 10.5. The number of hydrogen-bond donors (Lipinski definition) is 1. The zero-order valence-corrected chi connectivity index (χ0v) is 12.0. The SMILES string of the molecule is Cc1nc(Cc2ccc(N(C)C)cc2)sc1C(=O)O. The first kappa shape index (κ1) is 13.5. The molecule has 0 spiro atoms. The first-order valence-electron chi connectivity index (χ1n) is 5.93. The lowest BCUT2D eigenvalue weighted by molar-refractivity contribution is 0.0701. The Morgan fingerprint density at radius 3 is 2.42 bits per heavy atom. The van der Waals surface area contributed by atoms with Gasteiger partial charge in [0.2, 0.25) is 0 Å². The molecule has 0 saturated heterocycles. The summed E-state index contributed by atoms with van der Waals surface area (Å²) in [5, 5.41) is 9.85. The molecule has 100 valence electrons. The highest BCUT2D eigenvalue weighted by Gasteiger charge is 2.13. The van der Waals surface area contributed by atoms with E-state index in [1.165, 1.54) is 11.3 Å². The van der Waals surface area contributed by atoms with Crippen LogP contribution in [0.4, 0.5) is 5.69 Å². The average Bonchev–Trinajstić information content (AvgIpc) is 2.71. The van der Waals surface area contributed by atoms with E-state index in [2.05, 4.69) is 4.98 Å². The molecule has 1 aromatic heterocycles. The number of hydrogen-bond acceptors (Lipinski definition) is 4. The number of carboxylic acids is 1. The van der Waals surface area contributed by atoms with Gasteiger partial charge in [0.05, 0.1) is 10.7 Å². The molecule has 4 nitrogen and oxygen atoms in total. The minimum atomic E-state index is -0.899. The second kappa shape index (κ2) is 5.40. The van der Waals surface area contributed by atoms with Gasteiger partial charge in [-0.1, -0.05) is 12.1 Å². The molecule has 0 unspecified atom stereocenters. The van der Waals surface area contributed by atoms with Crippen LogP contribution in [0.5, 0.6) is 0 Å². The van der Waals surface area contributed by atoms with Crippen molar-refractivity contribution < 1.29 is 9.90 Å². The van der Waals surface area contributed by atoms with E-state index in [1.807, 2.05) is 43.3 Å². The van der Waals surface area contributed by atoms with Crippen LogP contribution in [0.3, 0.4) is 0 Å². The van der Waals surface area contributed by atoms with Crippen LogP contribution in [-0.2, 0) is 6.42 Å². The lowest BCUT2D eigenvalue weighted by Crippen LogP contribution is -2.08. The first-order chi connectivity index (χ1) is 8.97. The Labute approximate surface area is 116 Å². The van der Waals surface area contributed by atoms with Crippen LogP contribution < -0.4 is 4.90 Å². The number of aromatic nitrogens is 1. The standard InChI is InChI=1S/C14H16N2O2S/c1-9-13(14(17)18)19-12(15-9)8-10-4-6-11(7-5-10)16(2)3/h4-7H,8H2,1-3H3,(H,17,18). The summed E-state index contributed by atoms with van der Waals surface area (Å²) in [6.07, 6.45) is 0.673. The van der Waals surface area contributed by atoms with Crippen molar-refractivity contribution in [2.24, 2.45) is 0 Å². The Balaban J connectivity index is 2.17. The molecule has 0 aliphatic heterocycles. The molecule has 0 radical (unpaired) electrons. The molecule has 0 bridgehead atoms. The van der Waals surface area contributed by atoms with Crippen LogP contribution >= 0.6 is 11.3 Å². The molecule has 1 N–H and O–H groups in total. The minimum absolute atomic E-state index is 0.333. The summed E-state index contributed by atoms with van der Waals surface area (Å²) in [6, 6.07) is 8.20. The third-order valence-electron chi connectivity index (χ3n) is 2.84. The minimum Gasteiger partial charge on any atom is -0.477 e. The van der Waals surface area contributed by atoms with Gasteiger partial charge < -0.3 is 10.0 Å². The highest BCUT2D eigenvalue weighted by molar-refractivity contribution is 7.13. The second-order valence-electron chi connectivity index (χ2n) is 4.56. The zero-order valence-electron chi connectivity index (χ0n) is 11.2. The number of aryl methyl sites for hydroxylation is 1. The molecule has 5 heteroatoms. The zero-order chi connectivity index (χ0) is 14.0. The number of anilines is 1. The van der Waals surface area contributed by atoms with E-state index in [9.17, 15) is 4.79 Å². The molecule has 2 rings (SSSR count). The van der Waals surface area contributed by atoms with Crippen LogP contribution in [0.15, 0.2) is 24.3 Å². The number of benzene rings is 1. The summed E-state index contributed by atoms with van der Waals surface area (Å²) in [5.74, 6) is -0.899. The van der Waals surface area contributed by atoms with Crippen molar-refractivity contribution in [2.75, 3.05) is 19.0 Å². The summed E-state index contributed by atoms with van der Waals surface area (Å²) in [6.45, 7) is 1.73. The lowest BCUT2D eigenvalue weighted by atomic mass is 10.1. The molecular weight excluding hydrogens is 260 g/mol. The van der Waals surface area contributed by atoms with Crippen molar-refractivity contribution in [2.45, 2.75) is 13.3 Å². The fraction of sp³-hybridized carbons (Fsp3) is 0.286. The second-order valence-corrected chi connectivity index (χ2v) is 5.65. The molecular formula is C14H16N2O2S. The Morgan fingerprint density at radius 2 is 1.95 bits per heavy atom. The van der Waals surface area contributed by atoms with Gasteiger partial charge in [0.25, 0.3) is 0 Å². The molecule has 0 fully saturated rings. The number of carboxylic acid groups (broad SMARTS) is 1. The van der Waals surface area contributed by atoms with Gasteiger partial charge in [-0.05, 0) is 24.6 Å². The predicted octanol–water partition coefficient (Wildman–Crippen LogP) is 2.81. The fourth-order valence-electron chi connectivity index (χ4n) is 1.81. The van der Waals surface area contributed by atoms with E-state index in [1.54, 1.807) is 6.92 Å². The largest absolute Gasteiger partial charge is 0.477 e. The van der Waals surface area contributed by atoms with E-state index in [-0.39, 0.29) is 0 Å². The van der Waals surface area contributed by atoms with Crippen LogP contribution in [0.25, 0.3) is 0 Å². The molecule has 19 heavy (non-hydrogen) atoms. The maximum Gasteiger partial charge on any atom is 0.347 e. The number of thiazole rings is 1.